The molecule has 1 aliphatic heterocycles. The smallest absolute Gasteiger partial charge is 0.312 e. The van der Waals surface area contributed by atoms with E-state index >= 15 is 0 Å². The van der Waals surface area contributed by atoms with Crippen LogP contribution in [0.3, 0.4) is 0 Å². The molecule has 3 amide bonds. The van der Waals surface area contributed by atoms with Crippen molar-refractivity contribution in [3.05, 3.63) is 53.1 Å². The van der Waals surface area contributed by atoms with Gasteiger partial charge in [0.25, 0.3) is 0 Å². The van der Waals surface area contributed by atoms with Crippen molar-refractivity contribution >= 4 is 29.0 Å². The lowest BCUT2D eigenvalue weighted by Crippen LogP contribution is -2.33. The number of amides is 3. The Morgan fingerprint density at radius 3 is 2.32 bits per heavy atom. The first-order valence-electron chi connectivity index (χ1n) is 10.1. The predicted molar refractivity (Wildman–Crippen MR) is 113 cm³/mol. The van der Waals surface area contributed by atoms with Gasteiger partial charge in [-0.05, 0) is 74.1 Å². The molecule has 2 aromatic carbocycles. The minimum Gasteiger partial charge on any atom is -0.312 e. The maximum Gasteiger partial charge on any atom is 0.323 e. The fourth-order valence-electron chi connectivity index (χ4n) is 4.19. The molecule has 5 heteroatoms. The van der Waals surface area contributed by atoms with Crippen molar-refractivity contribution in [3.63, 3.8) is 0 Å². The number of hydrogen-bond acceptors (Lipinski definition) is 2. The van der Waals surface area contributed by atoms with Crippen LogP contribution in [0.5, 0.6) is 0 Å². The van der Waals surface area contributed by atoms with E-state index in [4.69, 9.17) is 0 Å². The summed E-state index contributed by atoms with van der Waals surface area (Å²) in [4.78, 5) is 27.2. The highest BCUT2D eigenvalue weighted by Crippen LogP contribution is 2.35. The van der Waals surface area contributed by atoms with Crippen LogP contribution in [-0.4, -0.2) is 18.5 Å². The zero-order valence-corrected chi connectivity index (χ0v) is 16.5. The standard InChI is InChI=1S/C23H27N3O2/c1-15-7-9-19(13-16(15)2)24-23(28)25-20-10-8-17-11-12-26(21(17)14-20)22(27)18-5-3-4-6-18/h7-10,13-14,18H,3-6,11-12H2,1-2H3,(H2,24,25,28). The highest BCUT2D eigenvalue weighted by molar-refractivity contribution is 6.01. The largest absolute Gasteiger partial charge is 0.323 e. The molecule has 0 saturated heterocycles. The Bertz CT molecular complexity index is 916. The number of carbonyl (C=O) groups excluding carboxylic acids is 2. The number of carbonyl (C=O) groups is 2. The molecule has 2 N–H and O–H groups in total. The number of aryl methyl sites for hydroxylation is 2. The van der Waals surface area contributed by atoms with E-state index < -0.39 is 0 Å². The quantitative estimate of drug-likeness (QED) is 0.788. The number of nitrogens with one attached hydrogen (secondary N) is 2. The van der Waals surface area contributed by atoms with Crippen molar-refractivity contribution in [2.45, 2.75) is 46.0 Å². The first-order valence-corrected chi connectivity index (χ1v) is 10.1. The van der Waals surface area contributed by atoms with Crippen LogP contribution >= 0.6 is 0 Å². The summed E-state index contributed by atoms with van der Waals surface area (Å²) >= 11 is 0. The lowest BCUT2D eigenvalue weighted by atomic mass is 10.1. The Kier molecular flexibility index (Phi) is 5.07. The lowest BCUT2D eigenvalue weighted by Gasteiger charge is -2.21. The van der Waals surface area contributed by atoms with E-state index in [-0.39, 0.29) is 17.9 Å². The zero-order chi connectivity index (χ0) is 19.7. The van der Waals surface area contributed by atoms with E-state index in [0.29, 0.717) is 5.69 Å². The molecule has 2 aromatic rings. The molecule has 146 valence electrons. The van der Waals surface area contributed by atoms with Gasteiger partial charge in [-0.15, -0.1) is 0 Å². The van der Waals surface area contributed by atoms with Crippen LogP contribution < -0.4 is 15.5 Å². The summed E-state index contributed by atoms with van der Waals surface area (Å²) in [5.41, 5.74) is 5.91. The lowest BCUT2D eigenvalue weighted by molar-refractivity contribution is -0.122. The minimum atomic E-state index is -0.283. The number of rotatable bonds is 3. The Hall–Kier alpha value is -2.82. The van der Waals surface area contributed by atoms with Gasteiger partial charge >= 0.3 is 6.03 Å². The second-order valence-electron chi connectivity index (χ2n) is 7.94. The first-order chi connectivity index (χ1) is 13.5. The summed E-state index contributed by atoms with van der Waals surface area (Å²) in [6.07, 6.45) is 5.18. The fraction of sp³-hybridized carbons (Fsp3) is 0.391. The van der Waals surface area contributed by atoms with Crippen molar-refractivity contribution in [2.75, 3.05) is 22.1 Å². The van der Waals surface area contributed by atoms with Crippen LogP contribution in [0.2, 0.25) is 0 Å². The molecule has 1 aliphatic carbocycles. The molecular formula is C23H27N3O2. The van der Waals surface area contributed by atoms with Crippen molar-refractivity contribution < 1.29 is 9.59 Å². The van der Waals surface area contributed by atoms with Gasteiger partial charge in [0.2, 0.25) is 5.91 Å². The summed E-state index contributed by atoms with van der Waals surface area (Å²) in [6.45, 7) is 4.81. The number of fused-ring (bicyclic) bond motifs is 1. The molecule has 1 heterocycles. The topological polar surface area (TPSA) is 61.4 Å². The van der Waals surface area contributed by atoms with Gasteiger partial charge in [-0.25, -0.2) is 4.79 Å². The van der Waals surface area contributed by atoms with Crippen LogP contribution in [0, 0.1) is 19.8 Å². The third-order valence-electron chi connectivity index (χ3n) is 5.97. The van der Waals surface area contributed by atoms with Gasteiger partial charge < -0.3 is 15.5 Å². The van der Waals surface area contributed by atoms with Gasteiger partial charge in [0.15, 0.2) is 0 Å². The molecule has 2 aliphatic rings. The average Bonchev–Trinajstić information content (AvgIpc) is 3.34. The van der Waals surface area contributed by atoms with Crippen molar-refractivity contribution in [1.29, 1.82) is 0 Å². The van der Waals surface area contributed by atoms with Gasteiger partial charge in [0, 0.05) is 29.5 Å². The van der Waals surface area contributed by atoms with Gasteiger partial charge in [-0.3, -0.25) is 4.79 Å². The van der Waals surface area contributed by atoms with E-state index in [1.165, 1.54) is 11.1 Å². The Morgan fingerprint density at radius 1 is 0.929 bits per heavy atom. The summed E-state index contributed by atoms with van der Waals surface area (Å²) in [7, 11) is 0. The Morgan fingerprint density at radius 2 is 1.61 bits per heavy atom. The number of nitrogens with zero attached hydrogens (tertiary/aromatic N) is 1. The van der Waals surface area contributed by atoms with Gasteiger partial charge in [0.05, 0.1) is 0 Å². The molecular weight excluding hydrogens is 350 g/mol. The third kappa shape index (κ3) is 3.75. The van der Waals surface area contributed by atoms with E-state index in [0.717, 1.165) is 55.6 Å². The van der Waals surface area contributed by atoms with Crippen LogP contribution in [0.4, 0.5) is 21.9 Å². The normalized spacial score (nSPS) is 16.1. The molecule has 5 nitrogen and oxygen atoms in total. The second kappa shape index (κ2) is 7.66. The molecule has 0 spiro atoms. The van der Waals surface area contributed by atoms with Crippen LogP contribution in [0.25, 0.3) is 0 Å². The van der Waals surface area contributed by atoms with Crippen molar-refractivity contribution in [2.24, 2.45) is 5.92 Å². The predicted octanol–water partition coefficient (Wildman–Crippen LogP) is 5.03. The highest BCUT2D eigenvalue weighted by atomic mass is 16.2. The van der Waals surface area contributed by atoms with Gasteiger partial charge in [-0.1, -0.05) is 25.0 Å². The SMILES string of the molecule is Cc1ccc(NC(=O)Nc2ccc3c(c2)N(C(=O)C2CCCC2)CC3)cc1C. The summed E-state index contributed by atoms with van der Waals surface area (Å²) < 4.78 is 0. The summed E-state index contributed by atoms with van der Waals surface area (Å²) in [5.74, 6) is 0.406. The first kappa shape index (κ1) is 18.5. The Balaban J connectivity index is 1.46. The molecule has 28 heavy (non-hydrogen) atoms. The fourth-order valence-corrected chi connectivity index (χ4v) is 4.19. The zero-order valence-electron chi connectivity index (χ0n) is 16.5. The number of benzene rings is 2. The molecule has 1 saturated carbocycles. The molecule has 1 fully saturated rings. The number of anilines is 3. The van der Waals surface area contributed by atoms with Gasteiger partial charge in [0.1, 0.15) is 0 Å². The average molecular weight is 377 g/mol. The monoisotopic (exact) mass is 377 g/mol. The van der Waals surface area contributed by atoms with Crippen molar-refractivity contribution in [1.82, 2.24) is 0 Å². The minimum absolute atomic E-state index is 0.163. The summed E-state index contributed by atoms with van der Waals surface area (Å²) in [6, 6.07) is 11.4. The van der Waals surface area contributed by atoms with E-state index in [1.54, 1.807) is 0 Å². The highest BCUT2D eigenvalue weighted by Gasteiger charge is 2.31. The Labute approximate surface area is 166 Å². The maximum atomic E-state index is 12.9. The van der Waals surface area contributed by atoms with Crippen LogP contribution in [0.1, 0.15) is 42.4 Å². The summed E-state index contributed by atoms with van der Waals surface area (Å²) in [5, 5.41) is 5.77. The maximum absolute atomic E-state index is 12.9. The molecule has 0 bridgehead atoms. The van der Waals surface area contributed by atoms with E-state index in [2.05, 4.69) is 10.6 Å². The third-order valence-corrected chi connectivity index (χ3v) is 5.97. The molecule has 0 atom stereocenters. The second-order valence-corrected chi connectivity index (χ2v) is 7.94. The van der Waals surface area contributed by atoms with Gasteiger partial charge in [-0.2, -0.15) is 0 Å². The van der Waals surface area contributed by atoms with Crippen LogP contribution in [-0.2, 0) is 11.2 Å². The molecule has 0 radical (unpaired) electrons. The van der Waals surface area contributed by atoms with Crippen molar-refractivity contribution in [3.8, 4) is 0 Å². The van der Waals surface area contributed by atoms with Crippen LogP contribution in [0.15, 0.2) is 36.4 Å². The number of urea groups is 1. The molecule has 0 unspecified atom stereocenters. The van der Waals surface area contributed by atoms with E-state index in [9.17, 15) is 9.59 Å². The number of hydrogen-bond donors (Lipinski definition) is 2. The van der Waals surface area contributed by atoms with E-state index in [1.807, 2.05) is 55.1 Å². The molecule has 0 aromatic heterocycles. The molecule has 4 rings (SSSR count).